The molecule has 2 aromatic rings. The van der Waals surface area contributed by atoms with Crippen LogP contribution in [-0.2, 0) is 29.4 Å². The minimum atomic E-state index is -1.13. The van der Waals surface area contributed by atoms with Crippen LogP contribution in [0.5, 0.6) is 0 Å². The molecule has 1 unspecified atom stereocenters. The second-order valence-electron chi connectivity index (χ2n) is 4.90. The minimum absolute atomic E-state index is 0.343. The van der Waals surface area contributed by atoms with Crippen molar-refractivity contribution < 1.29 is 4.21 Å². The molecule has 3 nitrogen and oxygen atoms in total. The van der Waals surface area contributed by atoms with Crippen LogP contribution in [0.4, 0.5) is 0 Å². The van der Waals surface area contributed by atoms with Crippen molar-refractivity contribution in [3.63, 3.8) is 0 Å². The molecule has 1 aliphatic rings. The molecule has 0 amide bonds. The van der Waals surface area contributed by atoms with Gasteiger partial charge < -0.3 is 0 Å². The first-order chi connectivity index (χ1) is 9.78. The predicted molar refractivity (Wildman–Crippen MR) is 77.5 cm³/mol. The number of hydrogen-bond donors (Lipinski definition) is 0. The van der Waals surface area contributed by atoms with Crippen molar-refractivity contribution in [2.45, 2.75) is 29.9 Å². The molecule has 0 fully saturated rings. The van der Waals surface area contributed by atoms with Crippen LogP contribution in [0.25, 0.3) is 0 Å². The van der Waals surface area contributed by atoms with Crippen LogP contribution in [0.15, 0.2) is 41.4 Å². The van der Waals surface area contributed by atoms with Gasteiger partial charge in [0.1, 0.15) is 11.8 Å². The molecule has 0 radical (unpaired) electrons. The lowest BCUT2D eigenvalue weighted by Gasteiger charge is -2.06. The summed E-state index contributed by atoms with van der Waals surface area (Å²) in [5.41, 5.74) is 3.81. The van der Waals surface area contributed by atoms with Crippen LogP contribution in [0, 0.1) is 11.3 Å². The quantitative estimate of drug-likeness (QED) is 0.869. The van der Waals surface area contributed by atoms with Crippen molar-refractivity contribution in [3.05, 3.63) is 58.9 Å². The number of nitriles is 1. The zero-order valence-corrected chi connectivity index (χ0v) is 11.8. The zero-order chi connectivity index (χ0) is 13.9. The molecule has 100 valence electrons. The number of nitrogens with zero attached hydrogens (tertiary/aromatic N) is 2. The van der Waals surface area contributed by atoms with Gasteiger partial charge in [-0.25, -0.2) is 4.98 Å². The summed E-state index contributed by atoms with van der Waals surface area (Å²) in [4.78, 5) is 4.85. The SMILES string of the molecule is N#Cc1ncccc1CS(=O)c1ccc2c(c1)CCC2. The second-order valence-corrected chi connectivity index (χ2v) is 6.35. The van der Waals surface area contributed by atoms with Crippen molar-refractivity contribution >= 4 is 10.8 Å². The zero-order valence-electron chi connectivity index (χ0n) is 11.0. The highest BCUT2D eigenvalue weighted by molar-refractivity contribution is 7.84. The Kier molecular flexibility index (Phi) is 3.62. The third kappa shape index (κ3) is 2.50. The number of pyridine rings is 1. The Labute approximate surface area is 120 Å². The molecule has 1 aromatic heterocycles. The van der Waals surface area contributed by atoms with Gasteiger partial charge in [0, 0.05) is 16.7 Å². The van der Waals surface area contributed by atoms with E-state index in [2.05, 4.69) is 17.1 Å². The summed E-state index contributed by atoms with van der Waals surface area (Å²) < 4.78 is 12.5. The van der Waals surface area contributed by atoms with E-state index >= 15 is 0 Å². The van der Waals surface area contributed by atoms with Gasteiger partial charge in [-0.15, -0.1) is 0 Å². The molecular formula is C16H14N2OS. The predicted octanol–water partition coefficient (Wildman–Crippen LogP) is 2.75. The van der Waals surface area contributed by atoms with Crippen LogP contribution in [0.1, 0.15) is 28.8 Å². The Hall–Kier alpha value is -1.99. The van der Waals surface area contributed by atoms with E-state index < -0.39 is 10.8 Å². The maximum absolute atomic E-state index is 12.5. The average Bonchev–Trinajstić information content (AvgIpc) is 2.95. The Morgan fingerprint density at radius 3 is 2.95 bits per heavy atom. The molecular weight excluding hydrogens is 268 g/mol. The molecule has 20 heavy (non-hydrogen) atoms. The van der Waals surface area contributed by atoms with Crippen molar-refractivity contribution in [2.24, 2.45) is 0 Å². The summed E-state index contributed by atoms with van der Waals surface area (Å²) in [5, 5.41) is 9.02. The van der Waals surface area contributed by atoms with E-state index in [4.69, 9.17) is 5.26 Å². The number of hydrogen-bond acceptors (Lipinski definition) is 3. The van der Waals surface area contributed by atoms with Gasteiger partial charge in [-0.2, -0.15) is 5.26 Å². The van der Waals surface area contributed by atoms with Crippen LogP contribution < -0.4 is 0 Å². The first-order valence-corrected chi connectivity index (χ1v) is 7.94. The largest absolute Gasteiger partial charge is 0.254 e. The van der Waals surface area contributed by atoms with Gasteiger partial charge in [-0.05, 0) is 48.6 Å². The van der Waals surface area contributed by atoms with Crippen molar-refractivity contribution in [3.8, 4) is 6.07 Å². The average molecular weight is 282 g/mol. The van der Waals surface area contributed by atoms with E-state index in [1.54, 1.807) is 12.3 Å². The van der Waals surface area contributed by atoms with Gasteiger partial charge in [0.2, 0.25) is 0 Å². The normalized spacial score (nSPS) is 14.6. The van der Waals surface area contributed by atoms with E-state index in [9.17, 15) is 4.21 Å². The lowest BCUT2D eigenvalue weighted by molar-refractivity contribution is 0.682. The summed E-state index contributed by atoms with van der Waals surface area (Å²) >= 11 is 0. The number of aryl methyl sites for hydroxylation is 2. The summed E-state index contributed by atoms with van der Waals surface area (Å²) in [7, 11) is -1.13. The topological polar surface area (TPSA) is 53.8 Å². The van der Waals surface area contributed by atoms with E-state index in [0.29, 0.717) is 11.4 Å². The summed E-state index contributed by atoms with van der Waals surface area (Å²) in [6, 6.07) is 11.7. The first kappa shape index (κ1) is 13.0. The van der Waals surface area contributed by atoms with E-state index in [1.807, 2.05) is 18.2 Å². The van der Waals surface area contributed by atoms with E-state index in [1.165, 1.54) is 17.5 Å². The molecule has 4 heteroatoms. The lowest BCUT2D eigenvalue weighted by atomic mass is 10.1. The van der Waals surface area contributed by atoms with Gasteiger partial charge in [-0.3, -0.25) is 4.21 Å². The van der Waals surface area contributed by atoms with Crippen LogP contribution >= 0.6 is 0 Å². The maximum atomic E-state index is 12.5. The molecule has 1 aliphatic carbocycles. The summed E-state index contributed by atoms with van der Waals surface area (Å²) in [5.74, 6) is 0.343. The maximum Gasteiger partial charge on any atom is 0.144 e. The monoisotopic (exact) mass is 282 g/mol. The molecule has 0 saturated heterocycles. The number of aromatic nitrogens is 1. The second kappa shape index (κ2) is 5.56. The summed E-state index contributed by atoms with van der Waals surface area (Å²) in [6.07, 6.45) is 4.98. The Bertz CT molecular complexity index is 719. The van der Waals surface area contributed by atoms with Gasteiger partial charge in [0.15, 0.2) is 0 Å². The fraction of sp³-hybridized carbons (Fsp3) is 0.250. The number of fused-ring (bicyclic) bond motifs is 1. The molecule has 1 aromatic carbocycles. The minimum Gasteiger partial charge on any atom is -0.254 e. The van der Waals surface area contributed by atoms with Crippen molar-refractivity contribution in [1.29, 1.82) is 5.26 Å². The van der Waals surface area contributed by atoms with Gasteiger partial charge >= 0.3 is 0 Å². The molecule has 0 saturated carbocycles. The standard InChI is InChI=1S/C16H14N2OS/c17-10-16-14(5-2-8-18-16)11-20(19)15-7-6-12-3-1-4-13(12)9-15/h2,5-9H,1,3-4,11H2. The fourth-order valence-electron chi connectivity index (χ4n) is 2.57. The van der Waals surface area contributed by atoms with Crippen LogP contribution in [0.2, 0.25) is 0 Å². The molecule has 0 bridgehead atoms. The Balaban J connectivity index is 1.85. The van der Waals surface area contributed by atoms with Gasteiger partial charge in [0.25, 0.3) is 0 Å². The highest BCUT2D eigenvalue weighted by Crippen LogP contribution is 2.25. The smallest absolute Gasteiger partial charge is 0.144 e. The Morgan fingerprint density at radius 2 is 2.10 bits per heavy atom. The van der Waals surface area contributed by atoms with E-state index in [-0.39, 0.29) is 0 Å². The molecule has 0 N–H and O–H groups in total. The summed E-state index contributed by atoms with van der Waals surface area (Å²) in [6.45, 7) is 0. The van der Waals surface area contributed by atoms with Crippen molar-refractivity contribution in [2.75, 3.05) is 0 Å². The van der Waals surface area contributed by atoms with E-state index in [0.717, 1.165) is 23.3 Å². The van der Waals surface area contributed by atoms with Crippen molar-refractivity contribution in [1.82, 2.24) is 4.98 Å². The number of benzene rings is 1. The molecule has 1 atom stereocenters. The molecule has 0 aliphatic heterocycles. The van der Waals surface area contributed by atoms with Gasteiger partial charge in [-0.1, -0.05) is 12.1 Å². The Morgan fingerprint density at radius 1 is 1.25 bits per heavy atom. The molecule has 3 rings (SSSR count). The van der Waals surface area contributed by atoms with Crippen LogP contribution in [0.3, 0.4) is 0 Å². The lowest BCUT2D eigenvalue weighted by Crippen LogP contribution is -2.01. The van der Waals surface area contributed by atoms with Gasteiger partial charge in [0.05, 0.1) is 16.6 Å². The fourth-order valence-corrected chi connectivity index (χ4v) is 3.75. The third-order valence-electron chi connectivity index (χ3n) is 3.62. The number of rotatable bonds is 3. The van der Waals surface area contributed by atoms with Crippen LogP contribution in [-0.4, -0.2) is 9.19 Å². The molecule has 1 heterocycles. The highest BCUT2D eigenvalue weighted by atomic mass is 32.2. The third-order valence-corrected chi connectivity index (χ3v) is 4.97. The first-order valence-electron chi connectivity index (χ1n) is 6.62. The molecule has 0 spiro atoms. The highest BCUT2D eigenvalue weighted by Gasteiger charge is 2.14.